The van der Waals surface area contributed by atoms with Crippen molar-refractivity contribution >= 4 is 146 Å². The number of piperidine rings is 1. The number of hydrogen-bond acceptors (Lipinski definition) is 24. The molecule has 6 heterocycles. The minimum Gasteiger partial charge on any atom is -0.508 e. The molecule has 2 aromatic heterocycles. The number of aliphatic hydroxyl groups is 2. The van der Waals surface area contributed by atoms with Crippen LogP contribution in [0, 0.1) is 0 Å². The number of unbranched alkanes of at least 4 members (excludes halogenated alkanes) is 2. The van der Waals surface area contributed by atoms with Crippen LogP contribution in [0.25, 0.3) is 21.8 Å². The lowest BCUT2D eigenvalue weighted by molar-refractivity contribution is -0.149. The lowest BCUT2D eigenvalue weighted by Gasteiger charge is -2.38. The van der Waals surface area contributed by atoms with Crippen molar-refractivity contribution in [3.8, 4) is 5.75 Å². The molecule has 45 heteroatoms. The summed E-state index contributed by atoms with van der Waals surface area (Å²) in [5, 5.41) is 89.3. The number of aromatic nitrogens is 2. The van der Waals surface area contributed by atoms with E-state index in [1.54, 1.807) is 68.6 Å². The number of rotatable bonds is 25. The van der Waals surface area contributed by atoms with Crippen molar-refractivity contribution in [3.05, 3.63) is 102 Å². The number of phenolic OH excluding ortho intramolecular Hbond substituents is 1. The van der Waals surface area contributed by atoms with E-state index < -0.39 is 279 Å². The molecule has 4 saturated heterocycles. The van der Waals surface area contributed by atoms with Crippen LogP contribution in [0.5, 0.6) is 5.75 Å². The van der Waals surface area contributed by atoms with Gasteiger partial charge < -0.3 is 130 Å². The smallest absolute Gasteiger partial charge is 0.305 e. The molecule has 5 aromatic rings. The van der Waals surface area contributed by atoms with Gasteiger partial charge in [-0.3, -0.25) is 91.1 Å². The Morgan fingerprint density at radius 1 is 0.489 bits per heavy atom. The Hall–Kier alpha value is -13.3. The Kier molecular flexibility index (Phi) is 38.3. The lowest BCUT2D eigenvalue weighted by atomic mass is 9.97. The quantitative estimate of drug-likeness (QED) is 0.0271. The number of carboxylic acid groups (broad SMARTS) is 3. The zero-order valence-electron chi connectivity index (χ0n) is 74.3. The number of carbonyl (C=O) groups is 19. The highest BCUT2D eigenvalue weighted by molar-refractivity contribution is 8.00. The molecule has 0 spiro atoms. The summed E-state index contributed by atoms with van der Waals surface area (Å²) in [7, 11) is 2.56. The van der Waals surface area contributed by atoms with Gasteiger partial charge in [0.15, 0.2) is 0 Å². The molecule has 1 unspecified atom stereocenters. The summed E-state index contributed by atoms with van der Waals surface area (Å²) in [5.41, 5.74) is 14.0. The Balaban J connectivity index is 1.09. The summed E-state index contributed by atoms with van der Waals surface area (Å²) in [6.45, 7) is -0.0369. The Morgan fingerprint density at radius 3 is 1.56 bits per heavy atom. The third kappa shape index (κ3) is 28.4. The maximum absolute atomic E-state index is 15.7. The molecule has 4 aliphatic heterocycles. The average molecular weight is 1880 g/mol. The number of para-hydroxylation sites is 2. The number of benzene rings is 3. The molecule has 44 nitrogen and oxygen atoms in total. The number of likely N-dealkylation sites (N-methyl/N-ethyl adjacent to an activating group) is 2. The fourth-order valence-corrected chi connectivity index (χ4v) is 17.6. The first kappa shape index (κ1) is 103. The number of fused-ring (bicyclic) bond motifs is 5. The molecule has 4 fully saturated rings. The minimum absolute atomic E-state index is 0.0656. The van der Waals surface area contributed by atoms with Crippen LogP contribution in [0.3, 0.4) is 0 Å². The zero-order chi connectivity index (χ0) is 97.0. The number of aliphatic hydroxyl groups excluding tert-OH is 2. The maximum Gasteiger partial charge on any atom is 0.305 e. The fraction of sp³-hybridized carbons (Fsp3) is 0.534. The molecular weight excluding hydrogens is 1760 g/mol. The van der Waals surface area contributed by atoms with Gasteiger partial charge in [-0.05, 0) is 98.7 Å². The van der Waals surface area contributed by atoms with Crippen LogP contribution in [0.15, 0.2) is 85.2 Å². The number of nitrogens with zero attached hydrogens (tertiary/aromatic N) is 5. The van der Waals surface area contributed by atoms with Gasteiger partial charge in [-0.1, -0.05) is 88.1 Å². The number of primary amides is 1. The van der Waals surface area contributed by atoms with Crippen molar-refractivity contribution in [2.75, 3.05) is 64.9 Å². The van der Waals surface area contributed by atoms with Crippen LogP contribution >= 0.6 is 11.8 Å². The Labute approximate surface area is 768 Å². The monoisotopic (exact) mass is 1870 g/mol. The highest BCUT2D eigenvalue weighted by Crippen LogP contribution is 2.29. The largest absolute Gasteiger partial charge is 0.508 e. The SMILES string of the molecule is CCCC[C@H]1C(=O)N(C)[C@@H](CCCC)C(=O)N[C@@H](CCC(=O)O)C(=O)N[C@H](C(=O)NCC(N)=O)CSCC(=O)N[C@@H](Cc2ccc(O)cc2)C(=O)N2CCCC[C@H]2C(=O)N[C@H](CC(=O)O)C(=O)N2CCC[C@H]2C(=O)N[C@@H](CN)C(=O)NC(CCC(=O)O)C(=O)N2C[C@H](O)C[C@H]2C(=O)N[C@@H](Cc2c[nH]c3ccccc23)C(=O)N[C@@H](CO)C(=O)N[C@@H](Cc2c[nH]c3ccccc23)C(=O)N1C. The zero-order valence-corrected chi connectivity index (χ0v) is 75.1. The second-order valence-corrected chi connectivity index (χ2v) is 34.6. The minimum atomic E-state index is -1.95. The molecule has 16 amide bonds. The number of nitrogens with two attached hydrogens (primary N) is 2. The van der Waals surface area contributed by atoms with Gasteiger partial charge in [-0.15, -0.1) is 11.8 Å². The third-order valence-electron chi connectivity index (χ3n) is 23.9. The van der Waals surface area contributed by atoms with E-state index in [-0.39, 0.29) is 83.0 Å². The molecule has 722 valence electrons. The van der Waals surface area contributed by atoms with Crippen LogP contribution in [0.2, 0.25) is 0 Å². The molecule has 0 saturated carbocycles. The van der Waals surface area contributed by atoms with E-state index in [0.29, 0.717) is 75.9 Å². The molecule has 4 aliphatic rings. The molecule has 9 rings (SSSR count). The topological polar surface area (TPSA) is 666 Å². The summed E-state index contributed by atoms with van der Waals surface area (Å²) < 4.78 is 0. The van der Waals surface area contributed by atoms with Gasteiger partial charge in [0.2, 0.25) is 94.5 Å². The van der Waals surface area contributed by atoms with E-state index in [9.17, 15) is 83.4 Å². The van der Waals surface area contributed by atoms with Gasteiger partial charge in [0.05, 0.1) is 31.4 Å². The number of aromatic amines is 2. The lowest BCUT2D eigenvalue weighted by Crippen LogP contribution is -2.62. The normalized spacial score (nSPS) is 25.4. The van der Waals surface area contributed by atoms with Gasteiger partial charge in [-0.2, -0.15) is 0 Å². The predicted octanol–water partition coefficient (Wildman–Crippen LogP) is -3.38. The molecule has 22 N–H and O–H groups in total. The first-order valence-corrected chi connectivity index (χ1v) is 45.4. The summed E-state index contributed by atoms with van der Waals surface area (Å²) in [5.74, 6) is -22.4. The number of carboxylic acids is 3. The number of thioether (sulfide) groups is 1. The van der Waals surface area contributed by atoms with Crippen molar-refractivity contribution in [3.63, 3.8) is 0 Å². The molecule has 15 atom stereocenters. The third-order valence-corrected chi connectivity index (χ3v) is 25.0. The van der Waals surface area contributed by atoms with Crippen molar-refractivity contribution < 1.29 is 122 Å². The van der Waals surface area contributed by atoms with E-state index in [0.717, 1.165) is 24.5 Å². The number of phenols is 1. The van der Waals surface area contributed by atoms with Crippen LogP contribution in [0.4, 0.5) is 0 Å². The van der Waals surface area contributed by atoms with Crippen molar-refractivity contribution in [2.45, 2.75) is 233 Å². The first-order valence-electron chi connectivity index (χ1n) is 44.3. The Morgan fingerprint density at radius 2 is 0.970 bits per heavy atom. The summed E-state index contributed by atoms with van der Waals surface area (Å²) in [6.07, 6.45) is -2.07. The number of H-pyrrole nitrogens is 2. The molecular formula is C88H119N19O25S. The highest BCUT2D eigenvalue weighted by Gasteiger charge is 2.47. The number of amides is 16. The van der Waals surface area contributed by atoms with Gasteiger partial charge in [-0.25, -0.2) is 0 Å². The van der Waals surface area contributed by atoms with Crippen LogP contribution in [-0.2, 0) is 110 Å². The van der Waals surface area contributed by atoms with Crippen LogP contribution < -0.4 is 64.6 Å². The fourth-order valence-electron chi connectivity index (χ4n) is 16.8. The molecule has 133 heavy (non-hydrogen) atoms. The van der Waals surface area contributed by atoms with E-state index in [1.807, 2.05) is 0 Å². The first-order chi connectivity index (χ1) is 63.4. The summed E-state index contributed by atoms with van der Waals surface area (Å²) in [6, 6.07) is -4.32. The van der Waals surface area contributed by atoms with E-state index in [4.69, 9.17) is 11.5 Å². The number of carbonyl (C=O) groups excluding carboxylic acids is 16. The van der Waals surface area contributed by atoms with Crippen LogP contribution in [-0.4, -0.2) is 333 Å². The van der Waals surface area contributed by atoms with Gasteiger partial charge in [0.1, 0.15) is 90.3 Å². The van der Waals surface area contributed by atoms with E-state index in [1.165, 1.54) is 44.6 Å². The standard InChI is InChI=1S/C88H119N19O25S/c1-5-7-20-65-80(124)95-56(28-30-72(113)114)76(120)102-64(75(119)93-42-70(90)111)45-133-46-71(112)94-59(34-47-24-26-50(109)27-25-47)86(130)105-32-14-13-22-66(105)81(125)99-61(38-74(117)118)87(131)106-33-15-23-67(106)82(126)100-62(39-89)78(122)96-57(29-31-73(115)116)85(129)107-43-51(110)37-69(107)83(127)97-58(35-48-40-91-54-18-11-9-16-52(48)54)77(121)101-63(44-108)79(123)98-60(36-49-41-92-55-19-12-10-17-53(49)55)84(128)104(4)68(21-8-6-2)88(132)103(65)3/h9-12,16-19,24-27,40-41,51,56-69,91-92,108-110H,5-8,13-15,20-23,28-39,42-46,89H2,1-4H3,(H2,90,111)(H,93,119)(H,94,112)(H,95,124)(H,96,122)(H,97,127)(H,98,123)(H,99,125)(H,100,126)(H,101,121)(H,102,120)(H,113,114)(H,115,116)(H,117,118)/t51-,56+,57?,58+,59+,60+,61-,62+,63+,64+,65+,66+,67+,68+,69+/m1/s1. The number of hydrogen-bond donors (Lipinski definition) is 20. The average Bonchev–Trinajstić information content (AvgIpc) is 1.16. The highest BCUT2D eigenvalue weighted by atomic mass is 32.2. The van der Waals surface area contributed by atoms with Gasteiger partial charge >= 0.3 is 17.9 Å². The van der Waals surface area contributed by atoms with Gasteiger partial charge in [0.25, 0.3) is 0 Å². The molecule has 0 radical (unpaired) electrons. The van der Waals surface area contributed by atoms with Gasteiger partial charge in [0, 0.05) is 119 Å². The molecule has 3 aromatic carbocycles. The van der Waals surface area contributed by atoms with E-state index in [2.05, 4.69) is 63.1 Å². The number of nitrogens with one attached hydrogen (secondary N) is 12. The maximum atomic E-state index is 15.7. The Bertz CT molecular complexity index is 5070. The van der Waals surface area contributed by atoms with Crippen molar-refractivity contribution in [1.29, 1.82) is 0 Å². The number of aliphatic carboxylic acids is 3. The van der Waals surface area contributed by atoms with Crippen LogP contribution in [0.1, 0.15) is 140 Å². The van der Waals surface area contributed by atoms with Crippen molar-refractivity contribution in [1.82, 2.24) is 87.6 Å². The summed E-state index contributed by atoms with van der Waals surface area (Å²) in [4.78, 5) is 284. The molecule has 0 bridgehead atoms. The van der Waals surface area contributed by atoms with E-state index >= 15 is 38.4 Å². The van der Waals surface area contributed by atoms with Crippen molar-refractivity contribution in [2.24, 2.45) is 11.5 Å². The molecule has 0 aliphatic carbocycles. The second-order valence-electron chi connectivity index (χ2n) is 33.5. The predicted molar refractivity (Wildman–Crippen MR) is 477 cm³/mol. The summed E-state index contributed by atoms with van der Waals surface area (Å²) >= 11 is 0.701. The second kappa shape index (κ2) is 49.3. The number of aromatic hydroxyl groups is 1.